The highest BCUT2D eigenvalue weighted by atomic mass is 16.5. The second kappa shape index (κ2) is 12.2. The van der Waals surface area contributed by atoms with E-state index in [2.05, 4.69) is 27.4 Å². The van der Waals surface area contributed by atoms with E-state index in [1.165, 1.54) is 21.3 Å². The monoisotopic (exact) mass is 422 g/mol. The minimum atomic E-state index is -0.391. The van der Waals surface area contributed by atoms with Crippen LogP contribution in [0.5, 0.6) is 17.2 Å². The Bertz CT molecular complexity index is 680. The maximum absolute atomic E-state index is 12.4. The van der Waals surface area contributed by atoms with Gasteiger partial charge in [0.25, 0.3) is 5.91 Å². The average Bonchev–Trinajstić information content (AvgIpc) is 2.79. The Kier molecular flexibility index (Phi) is 9.69. The Hall–Kier alpha value is -2.52. The van der Waals surface area contributed by atoms with Crippen molar-refractivity contribution in [2.45, 2.75) is 13.3 Å². The number of carbonyl (C=O) groups is 2. The smallest absolute Gasteiger partial charge is 0.251 e. The molecule has 1 aliphatic rings. The first-order valence-corrected chi connectivity index (χ1v) is 10.3. The number of hydrogen-bond acceptors (Lipinski definition) is 7. The molecule has 0 radical (unpaired) electrons. The molecular weight excluding hydrogens is 388 g/mol. The second-order valence-corrected chi connectivity index (χ2v) is 7.08. The van der Waals surface area contributed by atoms with Crippen LogP contribution in [-0.4, -0.2) is 95.3 Å². The molecule has 0 atom stereocenters. The summed E-state index contributed by atoms with van der Waals surface area (Å²) in [5.41, 5.74) is 0.323. The van der Waals surface area contributed by atoms with E-state index in [1.54, 1.807) is 12.1 Å². The van der Waals surface area contributed by atoms with Crippen molar-refractivity contribution in [3.63, 3.8) is 0 Å². The number of rotatable bonds is 11. The van der Waals surface area contributed by atoms with Crippen LogP contribution in [0, 0.1) is 0 Å². The number of nitrogens with one attached hydrogen (secondary N) is 2. The summed E-state index contributed by atoms with van der Waals surface area (Å²) in [4.78, 5) is 29.3. The van der Waals surface area contributed by atoms with Crippen molar-refractivity contribution in [3.8, 4) is 17.2 Å². The molecule has 0 bridgehead atoms. The normalized spacial score (nSPS) is 14.8. The van der Waals surface area contributed by atoms with E-state index in [9.17, 15) is 9.59 Å². The third kappa shape index (κ3) is 6.77. The fourth-order valence-electron chi connectivity index (χ4n) is 3.40. The number of ether oxygens (including phenoxy) is 3. The zero-order valence-electron chi connectivity index (χ0n) is 18.5. The third-order valence-corrected chi connectivity index (χ3v) is 5.22. The molecule has 168 valence electrons. The van der Waals surface area contributed by atoms with Gasteiger partial charge in [0, 0.05) is 38.3 Å². The quantitative estimate of drug-likeness (QED) is 0.504. The van der Waals surface area contributed by atoms with Gasteiger partial charge in [0.1, 0.15) is 0 Å². The van der Waals surface area contributed by atoms with E-state index in [0.717, 1.165) is 45.7 Å². The maximum atomic E-state index is 12.4. The van der Waals surface area contributed by atoms with Gasteiger partial charge in [-0.25, -0.2) is 0 Å². The lowest BCUT2D eigenvalue weighted by Crippen LogP contribution is -2.46. The van der Waals surface area contributed by atoms with Gasteiger partial charge in [-0.05, 0) is 31.6 Å². The van der Waals surface area contributed by atoms with Crippen LogP contribution in [0.15, 0.2) is 12.1 Å². The Morgan fingerprint density at radius 3 is 2.07 bits per heavy atom. The maximum Gasteiger partial charge on any atom is 0.251 e. The SMILES string of the molecule is CCN1CCN(CCCNC(=O)CNC(=O)c2cc(OC)c(OC)c(OC)c2)CC1. The predicted octanol–water partition coefficient (Wildman–Crippen LogP) is 0.586. The Morgan fingerprint density at radius 1 is 0.933 bits per heavy atom. The topological polar surface area (TPSA) is 92.4 Å². The number of likely N-dealkylation sites (N-methyl/N-ethyl adjacent to an activating group) is 1. The zero-order chi connectivity index (χ0) is 21.9. The van der Waals surface area contributed by atoms with E-state index < -0.39 is 5.91 Å². The lowest BCUT2D eigenvalue weighted by atomic mass is 10.1. The van der Waals surface area contributed by atoms with Crippen molar-refractivity contribution in [3.05, 3.63) is 17.7 Å². The van der Waals surface area contributed by atoms with Crippen LogP contribution in [0.25, 0.3) is 0 Å². The summed E-state index contributed by atoms with van der Waals surface area (Å²) in [6.45, 7) is 9.12. The van der Waals surface area contributed by atoms with Crippen LogP contribution in [0.1, 0.15) is 23.7 Å². The van der Waals surface area contributed by atoms with Gasteiger partial charge in [-0.3, -0.25) is 9.59 Å². The Labute approximate surface area is 178 Å². The van der Waals surface area contributed by atoms with Gasteiger partial charge in [-0.2, -0.15) is 0 Å². The molecule has 0 saturated carbocycles. The van der Waals surface area contributed by atoms with Crippen molar-refractivity contribution in [2.24, 2.45) is 0 Å². The first-order chi connectivity index (χ1) is 14.5. The largest absolute Gasteiger partial charge is 0.493 e. The number of methoxy groups -OCH3 is 3. The summed E-state index contributed by atoms with van der Waals surface area (Å²) in [6.07, 6.45) is 0.888. The van der Waals surface area contributed by atoms with Gasteiger partial charge in [-0.15, -0.1) is 0 Å². The molecule has 1 aromatic rings. The molecule has 0 unspecified atom stereocenters. The number of piperazine rings is 1. The molecule has 9 nitrogen and oxygen atoms in total. The number of nitrogens with zero attached hydrogens (tertiary/aromatic N) is 2. The van der Waals surface area contributed by atoms with Gasteiger partial charge >= 0.3 is 0 Å². The van der Waals surface area contributed by atoms with Crippen LogP contribution in [0.2, 0.25) is 0 Å². The summed E-state index contributed by atoms with van der Waals surface area (Å²) >= 11 is 0. The van der Waals surface area contributed by atoms with Gasteiger partial charge in [0.05, 0.1) is 27.9 Å². The van der Waals surface area contributed by atoms with Crippen LogP contribution < -0.4 is 24.8 Å². The molecule has 1 aromatic carbocycles. The van der Waals surface area contributed by atoms with Crippen LogP contribution in [0.4, 0.5) is 0 Å². The molecule has 1 heterocycles. The van der Waals surface area contributed by atoms with Crippen molar-refractivity contribution < 1.29 is 23.8 Å². The number of amides is 2. The molecule has 0 spiro atoms. The molecule has 0 aromatic heterocycles. The molecule has 1 saturated heterocycles. The van der Waals surface area contributed by atoms with Crippen molar-refractivity contribution in [2.75, 3.05) is 73.7 Å². The van der Waals surface area contributed by atoms with Gasteiger partial charge in [-0.1, -0.05) is 6.92 Å². The number of carbonyl (C=O) groups excluding carboxylic acids is 2. The van der Waals surface area contributed by atoms with Crippen molar-refractivity contribution in [1.82, 2.24) is 20.4 Å². The molecule has 9 heteroatoms. The van der Waals surface area contributed by atoms with Crippen LogP contribution >= 0.6 is 0 Å². The standard InChI is InChI=1S/C21H34N4O5/c1-5-24-9-11-25(12-10-24)8-6-7-22-19(26)15-23-21(27)16-13-17(28-2)20(30-4)18(14-16)29-3/h13-14H,5-12,15H2,1-4H3,(H,22,26)(H,23,27). The minimum Gasteiger partial charge on any atom is -0.493 e. The molecular formula is C21H34N4O5. The summed E-state index contributed by atoms with van der Waals surface area (Å²) < 4.78 is 15.8. The lowest BCUT2D eigenvalue weighted by molar-refractivity contribution is -0.120. The van der Waals surface area contributed by atoms with Gasteiger partial charge < -0.3 is 34.6 Å². The highest BCUT2D eigenvalue weighted by Crippen LogP contribution is 2.38. The third-order valence-electron chi connectivity index (χ3n) is 5.22. The van der Waals surface area contributed by atoms with Crippen molar-refractivity contribution >= 4 is 11.8 Å². The molecule has 0 aliphatic carbocycles. The first-order valence-electron chi connectivity index (χ1n) is 10.3. The molecule has 1 aliphatic heterocycles. The fourth-order valence-corrected chi connectivity index (χ4v) is 3.40. The molecule has 2 N–H and O–H groups in total. The minimum absolute atomic E-state index is 0.0926. The average molecular weight is 423 g/mol. The van der Waals surface area contributed by atoms with E-state index in [0.29, 0.717) is 29.4 Å². The van der Waals surface area contributed by atoms with Gasteiger partial charge in [0.15, 0.2) is 11.5 Å². The summed E-state index contributed by atoms with van der Waals surface area (Å²) in [5, 5.41) is 5.47. The molecule has 2 rings (SSSR count). The summed E-state index contributed by atoms with van der Waals surface area (Å²) in [7, 11) is 4.46. The molecule has 30 heavy (non-hydrogen) atoms. The highest BCUT2D eigenvalue weighted by molar-refractivity contribution is 5.97. The second-order valence-electron chi connectivity index (χ2n) is 7.08. The van der Waals surface area contributed by atoms with E-state index in [4.69, 9.17) is 14.2 Å². The van der Waals surface area contributed by atoms with Crippen molar-refractivity contribution in [1.29, 1.82) is 0 Å². The Morgan fingerprint density at radius 2 is 1.53 bits per heavy atom. The van der Waals surface area contributed by atoms with Gasteiger partial charge in [0.2, 0.25) is 11.7 Å². The Balaban J connectivity index is 1.72. The zero-order valence-corrected chi connectivity index (χ0v) is 18.5. The summed E-state index contributed by atoms with van der Waals surface area (Å²) in [5.74, 6) is 0.563. The van der Waals surface area contributed by atoms with E-state index in [-0.39, 0.29) is 12.5 Å². The number of benzene rings is 1. The first kappa shape index (κ1) is 23.8. The van der Waals surface area contributed by atoms with E-state index >= 15 is 0 Å². The van der Waals surface area contributed by atoms with Crippen LogP contribution in [-0.2, 0) is 4.79 Å². The van der Waals surface area contributed by atoms with Crippen LogP contribution in [0.3, 0.4) is 0 Å². The summed E-state index contributed by atoms with van der Waals surface area (Å²) in [6, 6.07) is 3.10. The number of hydrogen-bond donors (Lipinski definition) is 2. The lowest BCUT2D eigenvalue weighted by Gasteiger charge is -2.33. The molecule has 2 amide bonds. The highest BCUT2D eigenvalue weighted by Gasteiger charge is 2.18. The predicted molar refractivity (Wildman–Crippen MR) is 115 cm³/mol. The van der Waals surface area contributed by atoms with E-state index in [1.807, 2.05) is 0 Å². The fraction of sp³-hybridized carbons (Fsp3) is 0.619. The molecule has 1 fully saturated rings.